The summed E-state index contributed by atoms with van der Waals surface area (Å²) in [4.78, 5) is 12.1. The van der Waals surface area contributed by atoms with Crippen LogP contribution in [0.5, 0.6) is 0 Å². The van der Waals surface area contributed by atoms with Crippen LogP contribution in [0.4, 0.5) is 5.82 Å². The number of aromatic nitrogens is 4. The lowest BCUT2D eigenvalue weighted by molar-refractivity contribution is 0.102. The van der Waals surface area contributed by atoms with Crippen molar-refractivity contribution in [2.45, 2.75) is 20.0 Å². The van der Waals surface area contributed by atoms with Gasteiger partial charge in [-0.05, 0) is 30.7 Å². The largest absolute Gasteiger partial charge is 0.304 e. The highest BCUT2D eigenvalue weighted by atomic mass is 35.5. The number of carbonyl (C=O) groups is 1. The summed E-state index contributed by atoms with van der Waals surface area (Å²) in [6.07, 6.45) is 3.54. The molecule has 0 aliphatic carbocycles. The number of aryl methyl sites for hydroxylation is 1. The minimum atomic E-state index is -0.290. The molecule has 3 aromatic rings. The van der Waals surface area contributed by atoms with E-state index in [1.807, 2.05) is 13.0 Å². The smallest absolute Gasteiger partial charge is 0.277 e. The van der Waals surface area contributed by atoms with E-state index in [4.69, 9.17) is 23.2 Å². The number of halogens is 2. The van der Waals surface area contributed by atoms with Crippen LogP contribution >= 0.6 is 23.2 Å². The van der Waals surface area contributed by atoms with Crippen molar-refractivity contribution < 1.29 is 4.79 Å². The van der Waals surface area contributed by atoms with Crippen LogP contribution in [0.3, 0.4) is 0 Å². The van der Waals surface area contributed by atoms with E-state index >= 15 is 0 Å². The summed E-state index contributed by atoms with van der Waals surface area (Å²) in [6, 6.07) is 8.82. The van der Waals surface area contributed by atoms with E-state index in [1.165, 1.54) is 0 Å². The van der Waals surface area contributed by atoms with E-state index in [9.17, 15) is 4.79 Å². The maximum atomic E-state index is 12.1. The van der Waals surface area contributed by atoms with Crippen LogP contribution in [0.15, 0.2) is 42.7 Å². The Bertz CT molecular complexity index is 871. The highest BCUT2D eigenvalue weighted by molar-refractivity contribution is 6.42. The number of hydrogen-bond acceptors (Lipinski definition) is 3. The topological polar surface area (TPSA) is 64.7 Å². The molecule has 124 valence electrons. The van der Waals surface area contributed by atoms with Gasteiger partial charge < -0.3 is 5.32 Å². The van der Waals surface area contributed by atoms with E-state index in [0.29, 0.717) is 34.6 Å². The van der Waals surface area contributed by atoms with Gasteiger partial charge in [0, 0.05) is 25.0 Å². The first-order valence-corrected chi connectivity index (χ1v) is 8.13. The Balaban J connectivity index is 1.66. The second-order valence-corrected chi connectivity index (χ2v) is 5.97. The van der Waals surface area contributed by atoms with Gasteiger partial charge >= 0.3 is 0 Å². The second-order valence-electron chi connectivity index (χ2n) is 5.16. The molecule has 1 aromatic carbocycles. The molecule has 3 rings (SSSR count). The van der Waals surface area contributed by atoms with Crippen LogP contribution < -0.4 is 5.32 Å². The predicted octanol–water partition coefficient (Wildman–Crippen LogP) is 3.71. The zero-order chi connectivity index (χ0) is 17.1. The van der Waals surface area contributed by atoms with E-state index in [-0.39, 0.29) is 5.91 Å². The lowest BCUT2D eigenvalue weighted by Crippen LogP contribution is -2.14. The molecular weight excluding hydrogens is 349 g/mol. The molecule has 0 fully saturated rings. The van der Waals surface area contributed by atoms with Crippen molar-refractivity contribution in [3.63, 3.8) is 0 Å². The third-order valence-corrected chi connectivity index (χ3v) is 4.15. The number of anilines is 1. The van der Waals surface area contributed by atoms with Crippen LogP contribution in [-0.2, 0) is 13.1 Å². The average Bonchev–Trinajstić information content (AvgIpc) is 3.20. The minimum Gasteiger partial charge on any atom is -0.304 e. The van der Waals surface area contributed by atoms with E-state index in [0.717, 1.165) is 5.56 Å². The van der Waals surface area contributed by atoms with Crippen molar-refractivity contribution in [2.24, 2.45) is 0 Å². The molecule has 0 radical (unpaired) electrons. The predicted molar refractivity (Wildman–Crippen MR) is 93.6 cm³/mol. The van der Waals surface area contributed by atoms with Crippen LogP contribution in [0.2, 0.25) is 10.0 Å². The lowest BCUT2D eigenvalue weighted by Gasteiger charge is -2.04. The molecule has 0 saturated carbocycles. The van der Waals surface area contributed by atoms with Gasteiger partial charge in [-0.3, -0.25) is 14.2 Å². The summed E-state index contributed by atoms with van der Waals surface area (Å²) in [7, 11) is 0. The van der Waals surface area contributed by atoms with Gasteiger partial charge in [0.1, 0.15) is 0 Å². The fourth-order valence-corrected chi connectivity index (χ4v) is 2.50. The molecule has 6 nitrogen and oxygen atoms in total. The Morgan fingerprint density at radius 2 is 1.88 bits per heavy atom. The molecule has 0 bridgehead atoms. The normalized spacial score (nSPS) is 10.8. The first kappa shape index (κ1) is 16.5. The second kappa shape index (κ2) is 7.07. The first-order valence-electron chi connectivity index (χ1n) is 7.37. The van der Waals surface area contributed by atoms with Gasteiger partial charge in [-0.2, -0.15) is 10.2 Å². The standard InChI is InChI=1S/C16H15Cl2N5O/c1-2-22-7-5-14(20-22)16(24)19-15-6-8-23(21-15)10-11-3-4-12(17)13(18)9-11/h3-9H,2,10H2,1H3,(H,19,21,24). The number of benzene rings is 1. The summed E-state index contributed by atoms with van der Waals surface area (Å²) >= 11 is 11.9. The molecule has 8 heteroatoms. The number of carbonyl (C=O) groups excluding carboxylic acids is 1. The highest BCUT2D eigenvalue weighted by Gasteiger charge is 2.11. The molecule has 2 aromatic heterocycles. The van der Waals surface area contributed by atoms with Crippen molar-refractivity contribution in [1.29, 1.82) is 0 Å². The lowest BCUT2D eigenvalue weighted by atomic mass is 10.2. The van der Waals surface area contributed by atoms with Gasteiger partial charge in [0.25, 0.3) is 5.91 Å². The number of nitrogens with one attached hydrogen (secondary N) is 1. The summed E-state index contributed by atoms with van der Waals surface area (Å²) in [5.41, 5.74) is 1.32. The Kier molecular flexibility index (Phi) is 4.87. The fourth-order valence-electron chi connectivity index (χ4n) is 2.18. The Labute approximate surface area is 149 Å². The van der Waals surface area contributed by atoms with E-state index < -0.39 is 0 Å². The summed E-state index contributed by atoms with van der Waals surface area (Å²) in [5.74, 6) is 0.174. The summed E-state index contributed by atoms with van der Waals surface area (Å²) in [6.45, 7) is 3.20. The van der Waals surface area contributed by atoms with Crippen molar-refractivity contribution in [2.75, 3.05) is 5.32 Å². The van der Waals surface area contributed by atoms with Gasteiger partial charge in [-0.25, -0.2) is 0 Å². The monoisotopic (exact) mass is 363 g/mol. The molecule has 24 heavy (non-hydrogen) atoms. The summed E-state index contributed by atoms with van der Waals surface area (Å²) < 4.78 is 3.40. The molecule has 0 spiro atoms. The van der Waals surface area contributed by atoms with E-state index in [2.05, 4.69) is 15.5 Å². The average molecular weight is 364 g/mol. The van der Waals surface area contributed by atoms with Gasteiger partial charge in [-0.15, -0.1) is 0 Å². The van der Waals surface area contributed by atoms with Crippen molar-refractivity contribution in [1.82, 2.24) is 19.6 Å². The molecule has 0 aliphatic heterocycles. The molecule has 0 atom stereocenters. The van der Waals surface area contributed by atoms with Crippen LogP contribution in [0, 0.1) is 0 Å². The quantitative estimate of drug-likeness (QED) is 0.751. The molecule has 0 saturated heterocycles. The van der Waals surface area contributed by atoms with Crippen LogP contribution in [0.1, 0.15) is 23.0 Å². The highest BCUT2D eigenvalue weighted by Crippen LogP contribution is 2.23. The zero-order valence-corrected chi connectivity index (χ0v) is 14.4. The molecule has 0 aliphatic rings. The SMILES string of the molecule is CCn1ccc(C(=O)Nc2ccn(Cc3ccc(Cl)c(Cl)c3)n2)n1. The third kappa shape index (κ3) is 3.77. The Morgan fingerprint density at radius 3 is 2.58 bits per heavy atom. The first-order chi connectivity index (χ1) is 11.5. The summed E-state index contributed by atoms with van der Waals surface area (Å²) in [5, 5.41) is 12.2. The Hall–Kier alpha value is -2.31. The van der Waals surface area contributed by atoms with Gasteiger partial charge in [-0.1, -0.05) is 29.3 Å². The number of rotatable bonds is 5. The van der Waals surface area contributed by atoms with Crippen molar-refractivity contribution >= 4 is 34.9 Å². The van der Waals surface area contributed by atoms with Crippen molar-refractivity contribution in [3.8, 4) is 0 Å². The zero-order valence-electron chi connectivity index (χ0n) is 12.9. The fraction of sp³-hybridized carbons (Fsp3) is 0.188. The molecule has 0 unspecified atom stereocenters. The maximum absolute atomic E-state index is 12.1. The van der Waals surface area contributed by atoms with Crippen LogP contribution in [0.25, 0.3) is 0 Å². The maximum Gasteiger partial charge on any atom is 0.277 e. The number of hydrogen-bond donors (Lipinski definition) is 1. The molecule has 2 heterocycles. The van der Waals surface area contributed by atoms with Gasteiger partial charge in [0.2, 0.25) is 0 Å². The van der Waals surface area contributed by atoms with Crippen LogP contribution in [-0.4, -0.2) is 25.5 Å². The number of nitrogens with zero attached hydrogens (tertiary/aromatic N) is 4. The van der Waals surface area contributed by atoms with E-state index in [1.54, 1.807) is 46.0 Å². The number of amides is 1. The van der Waals surface area contributed by atoms with Gasteiger partial charge in [0.15, 0.2) is 11.5 Å². The van der Waals surface area contributed by atoms with Gasteiger partial charge in [0.05, 0.1) is 16.6 Å². The van der Waals surface area contributed by atoms with Crippen molar-refractivity contribution in [3.05, 3.63) is 64.0 Å². The molecule has 1 amide bonds. The molecule has 1 N–H and O–H groups in total. The Morgan fingerprint density at radius 1 is 1.08 bits per heavy atom. The minimum absolute atomic E-state index is 0.290. The molecular formula is C16H15Cl2N5O. The third-order valence-electron chi connectivity index (χ3n) is 3.41.